The van der Waals surface area contributed by atoms with Crippen LogP contribution in [0.3, 0.4) is 0 Å². The molecule has 0 aromatic rings. The van der Waals surface area contributed by atoms with E-state index >= 15 is 0 Å². The number of hydrogen-bond acceptors (Lipinski definition) is 3. The molecule has 3 atom stereocenters. The smallest absolute Gasteiger partial charge is 0.318 e. The summed E-state index contributed by atoms with van der Waals surface area (Å²) in [7, 11) is 0. The zero-order valence-electron chi connectivity index (χ0n) is 11.5. The molecule has 0 unspecified atom stereocenters. The monoisotopic (exact) mass is 255 g/mol. The van der Waals surface area contributed by atoms with E-state index in [1.54, 1.807) is 0 Å². The van der Waals surface area contributed by atoms with Crippen molar-refractivity contribution in [2.75, 3.05) is 0 Å². The van der Waals surface area contributed by atoms with Crippen molar-refractivity contribution < 1.29 is 9.59 Å². The van der Waals surface area contributed by atoms with Gasteiger partial charge in [0.15, 0.2) is 0 Å². The molecular weight excluding hydrogens is 230 g/mol. The van der Waals surface area contributed by atoms with E-state index in [1.807, 2.05) is 13.8 Å². The quantitative estimate of drug-likeness (QED) is 0.709. The van der Waals surface area contributed by atoms with E-state index < -0.39 is 6.03 Å². The molecule has 18 heavy (non-hydrogen) atoms. The van der Waals surface area contributed by atoms with Gasteiger partial charge in [0.2, 0.25) is 5.91 Å². The molecule has 0 bridgehead atoms. The topological polar surface area (TPSA) is 84.2 Å². The van der Waals surface area contributed by atoms with Crippen LogP contribution in [0, 0.1) is 11.8 Å². The van der Waals surface area contributed by atoms with Gasteiger partial charge < -0.3 is 11.1 Å². The zero-order chi connectivity index (χ0) is 13.7. The maximum atomic E-state index is 11.9. The summed E-state index contributed by atoms with van der Waals surface area (Å²) in [6.45, 7) is 6.14. The average Bonchev–Trinajstić information content (AvgIpc) is 2.26. The molecule has 0 saturated heterocycles. The minimum atomic E-state index is -0.788. The Labute approximate surface area is 109 Å². The molecule has 1 saturated carbocycles. The fourth-order valence-corrected chi connectivity index (χ4v) is 2.56. The standard InChI is InChI=1S/C13H25N3O2/c1-8(2)11(12(17)16-13(14)18)15-10-7-5-4-6-9(10)3/h8-11,15H,4-7H2,1-3H3,(H3,14,16,17,18)/t9-,10+,11-/m0/s1. The van der Waals surface area contributed by atoms with Gasteiger partial charge in [0, 0.05) is 6.04 Å². The van der Waals surface area contributed by atoms with Crippen LogP contribution in [0.4, 0.5) is 4.79 Å². The summed E-state index contributed by atoms with van der Waals surface area (Å²) in [5, 5.41) is 5.56. The van der Waals surface area contributed by atoms with Crippen LogP contribution in [0.25, 0.3) is 0 Å². The fraction of sp³-hybridized carbons (Fsp3) is 0.846. The van der Waals surface area contributed by atoms with E-state index in [9.17, 15) is 9.59 Å². The first kappa shape index (κ1) is 15.0. The van der Waals surface area contributed by atoms with Crippen molar-refractivity contribution in [1.82, 2.24) is 10.6 Å². The Hall–Kier alpha value is -1.10. The highest BCUT2D eigenvalue weighted by Gasteiger charge is 2.29. The molecule has 1 aliphatic carbocycles. The molecule has 1 rings (SSSR count). The largest absolute Gasteiger partial charge is 0.351 e. The summed E-state index contributed by atoms with van der Waals surface area (Å²) in [5.41, 5.74) is 4.99. The third kappa shape index (κ3) is 4.29. The summed E-state index contributed by atoms with van der Waals surface area (Å²) in [6.07, 6.45) is 4.75. The van der Waals surface area contributed by atoms with Crippen LogP contribution in [0.1, 0.15) is 46.5 Å². The van der Waals surface area contributed by atoms with Crippen LogP contribution < -0.4 is 16.4 Å². The number of rotatable bonds is 4. The first-order valence-electron chi connectivity index (χ1n) is 6.78. The maximum Gasteiger partial charge on any atom is 0.318 e. The third-order valence-electron chi connectivity index (χ3n) is 3.70. The predicted octanol–water partition coefficient (Wildman–Crippen LogP) is 1.37. The van der Waals surface area contributed by atoms with E-state index in [0.717, 1.165) is 6.42 Å². The highest BCUT2D eigenvalue weighted by atomic mass is 16.2. The summed E-state index contributed by atoms with van der Waals surface area (Å²) >= 11 is 0. The van der Waals surface area contributed by atoms with Gasteiger partial charge >= 0.3 is 6.03 Å². The van der Waals surface area contributed by atoms with Crippen LogP contribution in [0.2, 0.25) is 0 Å². The minimum Gasteiger partial charge on any atom is -0.351 e. The lowest BCUT2D eigenvalue weighted by Gasteiger charge is -2.34. The molecule has 5 nitrogen and oxygen atoms in total. The van der Waals surface area contributed by atoms with Gasteiger partial charge in [-0.15, -0.1) is 0 Å². The van der Waals surface area contributed by atoms with Crippen LogP contribution in [0.5, 0.6) is 0 Å². The number of carbonyl (C=O) groups is 2. The molecular formula is C13H25N3O2. The first-order chi connectivity index (χ1) is 8.41. The zero-order valence-corrected chi connectivity index (χ0v) is 11.5. The van der Waals surface area contributed by atoms with Crippen molar-refractivity contribution in [3.05, 3.63) is 0 Å². The summed E-state index contributed by atoms with van der Waals surface area (Å²) in [5.74, 6) is 0.370. The van der Waals surface area contributed by atoms with Gasteiger partial charge in [-0.25, -0.2) is 4.79 Å². The Balaban J connectivity index is 2.61. The van der Waals surface area contributed by atoms with Crippen LogP contribution in [0.15, 0.2) is 0 Å². The van der Waals surface area contributed by atoms with Crippen LogP contribution in [-0.2, 0) is 4.79 Å². The number of urea groups is 1. The summed E-state index contributed by atoms with van der Waals surface area (Å²) in [4.78, 5) is 22.7. The SMILES string of the molecule is CC(C)[C@H](N[C@@H]1CCCC[C@@H]1C)C(=O)NC(N)=O. The van der Waals surface area contributed by atoms with Crippen molar-refractivity contribution >= 4 is 11.9 Å². The lowest BCUT2D eigenvalue weighted by molar-refractivity contribution is -0.123. The van der Waals surface area contributed by atoms with Crippen LogP contribution >= 0.6 is 0 Å². The lowest BCUT2D eigenvalue weighted by Crippen LogP contribution is -2.55. The summed E-state index contributed by atoms with van der Waals surface area (Å²) < 4.78 is 0. The molecule has 1 aliphatic rings. The minimum absolute atomic E-state index is 0.124. The molecule has 104 valence electrons. The molecule has 3 amide bonds. The van der Waals surface area contributed by atoms with E-state index in [-0.39, 0.29) is 17.9 Å². The van der Waals surface area contributed by atoms with Gasteiger partial charge in [-0.1, -0.05) is 33.6 Å². The number of primary amides is 1. The summed E-state index contributed by atoms with van der Waals surface area (Å²) in [6, 6.07) is -0.794. The highest BCUT2D eigenvalue weighted by molar-refractivity contribution is 5.96. The molecule has 1 fully saturated rings. The molecule has 0 aromatic heterocycles. The van der Waals surface area contributed by atoms with Crippen molar-refractivity contribution in [2.45, 2.75) is 58.5 Å². The van der Waals surface area contributed by atoms with E-state index in [1.165, 1.54) is 19.3 Å². The Morgan fingerprint density at radius 2 is 1.83 bits per heavy atom. The number of carbonyl (C=O) groups excluding carboxylic acids is 2. The Bertz CT molecular complexity index is 305. The second-order valence-corrected chi connectivity index (χ2v) is 5.61. The van der Waals surface area contributed by atoms with Crippen molar-refractivity contribution in [2.24, 2.45) is 17.6 Å². The average molecular weight is 255 g/mol. The van der Waals surface area contributed by atoms with Gasteiger partial charge in [0.25, 0.3) is 0 Å². The van der Waals surface area contributed by atoms with Gasteiger partial charge in [-0.3, -0.25) is 10.1 Å². The number of amides is 3. The van der Waals surface area contributed by atoms with E-state index in [4.69, 9.17) is 5.73 Å². The molecule has 0 aromatic carbocycles. The lowest BCUT2D eigenvalue weighted by atomic mass is 9.85. The van der Waals surface area contributed by atoms with Crippen molar-refractivity contribution in [1.29, 1.82) is 0 Å². The highest BCUT2D eigenvalue weighted by Crippen LogP contribution is 2.24. The maximum absolute atomic E-state index is 11.9. The second-order valence-electron chi connectivity index (χ2n) is 5.61. The van der Waals surface area contributed by atoms with E-state index in [0.29, 0.717) is 12.0 Å². The van der Waals surface area contributed by atoms with Crippen LogP contribution in [-0.4, -0.2) is 24.0 Å². The van der Waals surface area contributed by atoms with E-state index in [2.05, 4.69) is 17.6 Å². The molecule has 0 radical (unpaired) electrons. The van der Waals surface area contributed by atoms with Gasteiger partial charge in [0.1, 0.15) is 0 Å². The second kappa shape index (κ2) is 6.73. The number of nitrogens with one attached hydrogen (secondary N) is 2. The number of imide groups is 1. The molecule has 5 heteroatoms. The molecule has 0 spiro atoms. The molecule has 0 aliphatic heterocycles. The predicted molar refractivity (Wildman–Crippen MR) is 70.9 cm³/mol. The Morgan fingerprint density at radius 1 is 1.22 bits per heavy atom. The fourth-order valence-electron chi connectivity index (χ4n) is 2.56. The first-order valence-corrected chi connectivity index (χ1v) is 6.78. The van der Waals surface area contributed by atoms with Gasteiger partial charge in [0.05, 0.1) is 6.04 Å². The Kier molecular flexibility index (Phi) is 5.59. The van der Waals surface area contributed by atoms with Gasteiger partial charge in [-0.2, -0.15) is 0 Å². The number of nitrogens with two attached hydrogens (primary N) is 1. The molecule has 4 N–H and O–H groups in total. The van der Waals surface area contributed by atoms with Crippen molar-refractivity contribution in [3.8, 4) is 0 Å². The van der Waals surface area contributed by atoms with Gasteiger partial charge in [-0.05, 0) is 24.7 Å². The Morgan fingerprint density at radius 3 is 2.33 bits per heavy atom. The third-order valence-corrected chi connectivity index (χ3v) is 3.70. The van der Waals surface area contributed by atoms with Crippen molar-refractivity contribution in [3.63, 3.8) is 0 Å². The molecule has 0 heterocycles. The normalized spacial score (nSPS) is 25.8. The number of hydrogen-bond donors (Lipinski definition) is 3.